The van der Waals surface area contributed by atoms with Crippen LogP contribution >= 0.6 is 0 Å². The second-order valence-corrected chi connectivity index (χ2v) is 2.32. The van der Waals surface area contributed by atoms with Crippen molar-refractivity contribution in [3.05, 3.63) is 34.9 Å². The predicted octanol–water partition coefficient (Wildman–Crippen LogP) is 0.894. The first-order valence-electron chi connectivity index (χ1n) is 3.34. The molecule has 1 N–H and O–H groups in total. The molecular formula is C8H5NO3. The fourth-order valence-electron chi connectivity index (χ4n) is 0.990. The smallest absolute Gasteiger partial charge is 0.339 e. The highest BCUT2D eigenvalue weighted by molar-refractivity contribution is 5.81. The van der Waals surface area contributed by atoms with Gasteiger partial charge in [-0.1, -0.05) is 0 Å². The van der Waals surface area contributed by atoms with E-state index in [1.54, 1.807) is 0 Å². The molecule has 0 spiro atoms. The second kappa shape index (κ2) is 2.34. The fourth-order valence-corrected chi connectivity index (χ4v) is 0.990. The molecule has 0 aromatic carbocycles. The summed E-state index contributed by atoms with van der Waals surface area (Å²) in [4.78, 5) is 14.5. The van der Waals surface area contributed by atoms with Crippen LogP contribution in [0, 0.1) is 0 Å². The van der Waals surface area contributed by atoms with Crippen LogP contribution in [0.2, 0.25) is 0 Å². The summed E-state index contributed by atoms with van der Waals surface area (Å²) in [5, 5.41) is 9.69. The van der Waals surface area contributed by atoms with Gasteiger partial charge in [0.1, 0.15) is 11.3 Å². The summed E-state index contributed by atoms with van der Waals surface area (Å²) >= 11 is 0. The van der Waals surface area contributed by atoms with Crippen LogP contribution in [0.4, 0.5) is 0 Å². The third-order valence-corrected chi connectivity index (χ3v) is 1.52. The maximum Gasteiger partial charge on any atom is 0.339 e. The molecule has 0 radical (unpaired) electrons. The summed E-state index contributed by atoms with van der Waals surface area (Å²) in [6, 6.07) is 2.54. The zero-order valence-electron chi connectivity index (χ0n) is 6.02. The average molecular weight is 163 g/mol. The lowest BCUT2D eigenvalue weighted by Gasteiger charge is -1.95. The molecule has 2 aromatic heterocycles. The maximum absolute atomic E-state index is 10.8. The summed E-state index contributed by atoms with van der Waals surface area (Å²) in [5.74, 6) is -0.102. The molecule has 4 heteroatoms. The maximum atomic E-state index is 10.8. The monoisotopic (exact) mass is 163 g/mol. The number of fused-ring (bicyclic) bond motifs is 1. The highest BCUT2D eigenvalue weighted by Gasteiger charge is 2.01. The van der Waals surface area contributed by atoms with Crippen LogP contribution in [-0.4, -0.2) is 10.1 Å². The van der Waals surface area contributed by atoms with E-state index in [1.165, 1.54) is 18.5 Å². The normalized spacial score (nSPS) is 10.3. The molecule has 0 saturated heterocycles. The van der Waals surface area contributed by atoms with E-state index < -0.39 is 5.63 Å². The van der Waals surface area contributed by atoms with Crippen molar-refractivity contribution in [3.8, 4) is 5.75 Å². The van der Waals surface area contributed by atoms with Crippen molar-refractivity contribution in [2.75, 3.05) is 0 Å². The van der Waals surface area contributed by atoms with Crippen LogP contribution < -0.4 is 5.63 Å². The largest absolute Gasteiger partial charge is 0.507 e. The van der Waals surface area contributed by atoms with E-state index in [1.807, 2.05) is 0 Å². The summed E-state index contributed by atoms with van der Waals surface area (Å²) in [7, 11) is 0. The summed E-state index contributed by atoms with van der Waals surface area (Å²) < 4.78 is 4.79. The molecule has 2 heterocycles. The van der Waals surface area contributed by atoms with Crippen LogP contribution in [0.5, 0.6) is 5.75 Å². The summed E-state index contributed by atoms with van der Waals surface area (Å²) in [5.41, 5.74) is -0.221. The van der Waals surface area contributed by atoms with Gasteiger partial charge in [0, 0.05) is 18.5 Å². The van der Waals surface area contributed by atoms with Gasteiger partial charge in [-0.2, -0.15) is 0 Å². The van der Waals surface area contributed by atoms with E-state index >= 15 is 0 Å². The summed E-state index contributed by atoms with van der Waals surface area (Å²) in [6.07, 6.45) is 2.93. The topological polar surface area (TPSA) is 63.3 Å². The Kier molecular flexibility index (Phi) is 1.33. The van der Waals surface area contributed by atoms with Crippen LogP contribution in [0.3, 0.4) is 0 Å². The Bertz CT molecular complexity index is 475. The van der Waals surface area contributed by atoms with Gasteiger partial charge in [-0.3, -0.25) is 4.98 Å². The highest BCUT2D eigenvalue weighted by atomic mass is 16.4. The lowest BCUT2D eigenvalue weighted by Crippen LogP contribution is -1.95. The van der Waals surface area contributed by atoms with Gasteiger partial charge in [0.25, 0.3) is 0 Å². The van der Waals surface area contributed by atoms with Crippen molar-refractivity contribution in [2.45, 2.75) is 0 Å². The third-order valence-electron chi connectivity index (χ3n) is 1.52. The number of aromatic nitrogens is 1. The second-order valence-electron chi connectivity index (χ2n) is 2.32. The van der Waals surface area contributed by atoms with E-state index in [4.69, 9.17) is 4.42 Å². The molecule has 0 aliphatic rings. The van der Waals surface area contributed by atoms with Gasteiger partial charge >= 0.3 is 5.63 Å². The minimum absolute atomic E-state index is 0.102. The van der Waals surface area contributed by atoms with Crippen LogP contribution in [0.25, 0.3) is 11.0 Å². The molecule has 0 saturated carbocycles. The van der Waals surface area contributed by atoms with Gasteiger partial charge in [-0.05, 0) is 0 Å². The Labute approximate surface area is 67.1 Å². The van der Waals surface area contributed by atoms with Crippen molar-refractivity contribution >= 4 is 11.0 Å². The van der Waals surface area contributed by atoms with Gasteiger partial charge in [0.2, 0.25) is 0 Å². The lowest BCUT2D eigenvalue weighted by molar-refractivity contribution is 0.468. The van der Waals surface area contributed by atoms with Crippen molar-refractivity contribution in [2.24, 2.45) is 0 Å². The third kappa shape index (κ3) is 0.934. The highest BCUT2D eigenvalue weighted by Crippen LogP contribution is 2.19. The van der Waals surface area contributed by atoms with E-state index in [0.717, 1.165) is 6.07 Å². The molecule has 0 bridgehead atoms. The number of nitrogens with zero attached hydrogens (tertiary/aromatic N) is 1. The number of pyridine rings is 1. The number of rotatable bonds is 0. The standard InChI is InChI=1S/C8H5NO3/c10-6-3-8(11)12-7-1-2-9-4-5(6)7/h1-4,10H. The van der Waals surface area contributed by atoms with E-state index in [-0.39, 0.29) is 5.75 Å². The van der Waals surface area contributed by atoms with Crippen molar-refractivity contribution in [1.29, 1.82) is 0 Å². The van der Waals surface area contributed by atoms with Crippen LogP contribution in [0.15, 0.2) is 33.7 Å². The first kappa shape index (κ1) is 6.84. The molecule has 4 nitrogen and oxygen atoms in total. The Balaban J connectivity index is 2.99. The molecule has 0 unspecified atom stereocenters. The number of hydrogen-bond acceptors (Lipinski definition) is 4. The van der Waals surface area contributed by atoms with Gasteiger partial charge in [0.05, 0.1) is 11.5 Å². The number of hydrogen-bond donors (Lipinski definition) is 1. The molecular weight excluding hydrogens is 158 g/mol. The van der Waals surface area contributed by atoms with Gasteiger partial charge in [0.15, 0.2) is 0 Å². The Morgan fingerprint density at radius 3 is 3.17 bits per heavy atom. The molecule has 12 heavy (non-hydrogen) atoms. The van der Waals surface area contributed by atoms with Crippen molar-refractivity contribution < 1.29 is 9.52 Å². The predicted molar refractivity (Wildman–Crippen MR) is 41.9 cm³/mol. The Morgan fingerprint density at radius 2 is 2.33 bits per heavy atom. The zero-order chi connectivity index (χ0) is 8.55. The lowest BCUT2D eigenvalue weighted by atomic mass is 10.3. The Hall–Kier alpha value is -1.84. The minimum atomic E-state index is -0.564. The fraction of sp³-hybridized carbons (Fsp3) is 0. The molecule has 0 aliphatic heterocycles. The van der Waals surface area contributed by atoms with Gasteiger partial charge in [-0.15, -0.1) is 0 Å². The molecule has 0 fully saturated rings. The first-order valence-corrected chi connectivity index (χ1v) is 3.34. The molecule has 0 aliphatic carbocycles. The van der Waals surface area contributed by atoms with Crippen LogP contribution in [-0.2, 0) is 0 Å². The molecule has 2 aromatic rings. The van der Waals surface area contributed by atoms with Crippen molar-refractivity contribution in [1.82, 2.24) is 4.98 Å². The first-order chi connectivity index (χ1) is 5.77. The van der Waals surface area contributed by atoms with Crippen LogP contribution in [0.1, 0.15) is 0 Å². The van der Waals surface area contributed by atoms with Crippen molar-refractivity contribution in [3.63, 3.8) is 0 Å². The van der Waals surface area contributed by atoms with E-state index in [0.29, 0.717) is 11.0 Å². The molecule has 0 amide bonds. The van der Waals surface area contributed by atoms with E-state index in [9.17, 15) is 9.90 Å². The minimum Gasteiger partial charge on any atom is -0.507 e. The average Bonchev–Trinajstić information content (AvgIpc) is 2.04. The Morgan fingerprint density at radius 1 is 1.50 bits per heavy atom. The molecule has 2 rings (SSSR count). The number of aromatic hydroxyl groups is 1. The van der Waals surface area contributed by atoms with Gasteiger partial charge < -0.3 is 9.52 Å². The summed E-state index contributed by atoms with van der Waals surface area (Å²) in [6.45, 7) is 0. The quantitative estimate of drug-likeness (QED) is 0.626. The van der Waals surface area contributed by atoms with Gasteiger partial charge in [-0.25, -0.2) is 4.79 Å². The molecule has 0 atom stereocenters. The zero-order valence-corrected chi connectivity index (χ0v) is 6.02. The SMILES string of the molecule is O=c1cc(O)c2cnccc2o1. The van der Waals surface area contributed by atoms with E-state index in [2.05, 4.69) is 4.98 Å². The molecule has 60 valence electrons.